The second kappa shape index (κ2) is 5.93. The molecule has 3 nitrogen and oxygen atoms in total. The molecule has 1 saturated heterocycles. The van der Waals surface area contributed by atoms with Crippen LogP contribution in [0.2, 0.25) is 5.02 Å². The zero-order valence-corrected chi connectivity index (χ0v) is 12.2. The lowest BCUT2D eigenvalue weighted by molar-refractivity contribution is 0.0784. The topological polar surface area (TPSA) is 40.5 Å². The summed E-state index contributed by atoms with van der Waals surface area (Å²) in [5.41, 5.74) is 0.332. The Bertz CT molecular complexity index is 453. The Hall–Kier alpha value is -0.740. The Balaban J connectivity index is 2.08. The summed E-state index contributed by atoms with van der Waals surface area (Å²) >= 11 is 9.18. The van der Waals surface area contributed by atoms with Gasteiger partial charge in [-0.25, -0.2) is 0 Å². The van der Waals surface area contributed by atoms with Crippen LogP contribution < -0.4 is 0 Å². The molecule has 1 N–H and O–H groups in total. The minimum absolute atomic E-state index is 0.0450. The number of carbonyl (C=O) groups is 1. The fourth-order valence-electron chi connectivity index (χ4n) is 2.26. The van der Waals surface area contributed by atoms with Gasteiger partial charge in [0, 0.05) is 23.4 Å². The van der Waals surface area contributed by atoms with Crippen LogP contribution in [0, 0.1) is 5.92 Å². The van der Waals surface area contributed by atoms with Gasteiger partial charge in [0.05, 0.1) is 5.56 Å². The van der Waals surface area contributed by atoms with Gasteiger partial charge in [0.15, 0.2) is 0 Å². The number of likely N-dealkylation sites (tertiary alicyclic amines) is 1. The molecule has 0 spiro atoms. The molecule has 0 bridgehead atoms. The molecular weight excluding hydrogens is 318 g/mol. The lowest BCUT2D eigenvalue weighted by atomic mass is 10.1. The summed E-state index contributed by atoms with van der Waals surface area (Å²) in [6, 6.07) is 4.61. The number of halogens is 2. The molecule has 2 rings (SSSR count). The molecule has 5 heteroatoms. The monoisotopic (exact) mass is 331 g/mol. The van der Waals surface area contributed by atoms with E-state index in [1.807, 2.05) is 0 Å². The highest BCUT2D eigenvalue weighted by Gasteiger charge is 2.27. The van der Waals surface area contributed by atoms with Crippen molar-refractivity contribution in [3.05, 3.63) is 28.8 Å². The first-order chi connectivity index (χ1) is 8.61. The molecule has 1 aliphatic rings. The van der Waals surface area contributed by atoms with Gasteiger partial charge < -0.3 is 10.0 Å². The quantitative estimate of drug-likeness (QED) is 0.863. The Kier molecular flexibility index (Phi) is 4.51. The highest BCUT2D eigenvalue weighted by Crippen LogP contribution is 2.27. The summed E-state index contributed by atoms with van der Waals surface area (Å²) in [6.07, 6.45) is 2.11. The molecular formula is C13H15BrClNO2. The second-order valence-corrected chi connectivity index (χ2v) is 5.77. The number of benzene rings is 1. The third-order valence-corrected chi connectivity index (χ3v) is 3.97. The van der Waals surface area contributed by atoms with E-state index in [2.05, 4.69) is 15.9 Å². The smallest absolute Gasteiger partial charge is 0.257 e. The zero-order valence-electron chi connectivity index (χ0n) is 9.90. The Labute approximate surface area is 120 Å². The third kappa shape index (κ3) is 2.98. The lowest BCUT2D eigenvalue weighted by Gasteiger charge is -2.17. The van der Waals surface area contributed by atoms with Crippen molar-refractivity contribution in [2.75, 3.05) is 18.4 Å². The summed E-state index contributed by atoms with van der Waals surface area (Å²) in [6.45, 7) is 1.53. The highest BCUT2D eigenvalue weighted by molar-refractivity contribution is 9.09. The van der Waals surface area contributed by atoms with Gasteiger partial charge in [-0.05, 0) is 37.0 Å². The van der Waals surface area contributed by atoms with Gasteiger partial charge in [0.2, 0.25) is 0 Å². The Morgan fingerprint density at radius 3 is 3.00 bits per heavy atom. The van der Waals surface area contributed by atoms with Crippen molar-refractivity contribution in [3.63, 3.8) is 0 Å². The number of aromatic hydroxyl groups is 1. The lowest BCUT2D eigenvalue weighted by Crippen LogP contribution is -2.28. The maximum absolute atomic E-state index is 12.2. The summed E-state index contributed by atoms with van der Waals surface area (Å²) in [5.74, 6) is 0.403. The number of carbonyl (C=O) groups excluding carboxylic acids is 1. The van der Waals surface area contributed by atoms with Gasteiger partial charge in [-0.1, -0.05) is 27.5 Å². The SMILES string of the molecule is O=C(c1ccc(Cl)cc1O)N1CCC(CCBr)C1. The normalized spacial score (nSPS) is 19.2. The number of hydrogen-bond donors (Lipinski definition) is 1. The molecule has 98 valence electrons. The molecule has 1 aromatic rings. The molecule has 0 aromatic heterocycles. The van der Waals surface area contributed by atoms with Gasteiger partial charge in [0.25, 0.3) is 5.91 Å². The molecule has 1 atom stereocenters. The summed E-state index contributed by atoms with van der Waals surface area (Å²) in [4.78, 5) is 14.0. The molecule has 1 amide bonds. The molecule has 0 radical (unpaired) electrons. The number of amides is 1. The van der Waals surface area contributed by atoms with E-state index in [0.29, 0.717) is 16.5 Å². The van der Waals surface area contributed by atoms with Crippen LogP contribution in [-0.2, 0) is 0 Å². The van der Waals surface area contributed by atoms with Gasteiger partial charge in [-0.15, -0.1) is 0 Å². The van der Waals surface area contributed by atoms with E-state index in [4.69, 9.17) is 11.6 Å². The van der Waals surface area contributed by atoms with Crippen LogP contribution in [0.15, 0.2) is 18.2 Å². The fraction of sp³-hybridized carbons (Fsp3) is 0.462. The van der Waals surface area contributed by atoms with Gasteiger partial charge in [-0.3, -0.25) is 4.79 Å². The minimum atomic E-state index is -0.110. The first-order valence-electron chi connectivity index (χ1n) is 5.95. The molecule has 1 unspecified atom stereocenters. The van der Waals surface area contributed by atoms with Crippen molar-refractivity contribution in [2.24, 2.45) is 5.92 Å². The van der Waals surface area contributed by atoms with E-state index >= 15 is 0 Å². The van der Waals surface area contributed by atoms with Crippen LogP contribution >= 0.6 is 27.5 Å². The number of phenolic OH excluding ortho intramolecular Hbond substituents is 1. The first-order valence-corrected chi connectivity index (χ1v) is 7.45. The highest BCUT2D eigenvalue weighted by atomic mass is 79.9. The molecule has 0 saturated carbocycles. The molecule has 18 heavy (non-hydrogen) atoms. The Morgan fingerprint density at radius 2 is 2.33 bits per heavy atom. The zero-order chi connectivity index (χ0) is 13.1. The van der Waals surface area contributed by atoms with Crippen molar-refractivity contribution >= 4 is 33.4 Å². The third-order valence-electron chi connectivity index (χ3n) is 3.28. The average molecular weight is 333 g/mol. The van der Waals surface area contributed by atoms with E-state index in [0.717, 1.165) is 31.3 Å². The van der Waals surface area contributed by atoms with Crippen molar-refractivity contribution in [3.8, 4) is 5.75 Å². The van der Waals surface area contributed by atoms with Gasteiger partial charge in [0.1, 0.15) is 5.75 Å². The minimum Gasteiger partial charge on any atom is -0.507 e. The molecule has 1 heterocycles. The maximum atomic E-state index is 12.2. The van der Waals surface area contributed by atoms with Crippen LogP contribution in [0.25, 0.3) is 0 Å². The van der Waals surface area contributed by atoms with Crippen LogP contribution in [0.3, 0.4) is 0 Å². The first kappa shape index (κ1) is 13.7. The largest absolute Gasteiger partial charge is 0.507 e. The number of phenols is 1. The van der Waals surface area contributed by atoms with Gasteiger partial charge >= 0.3 is 0 Å². The molecule has 0 aliphatic carbocycles. The van der Waals surface area contributed by atoms with Crippen LogP contribution in [-0.4, -0.2) is 34.3 Å². The molecule has 1 aromatic carbocycles. The van der Waals surface area contributed by atoms with E-state index < -0.39 is 0 Å². The van der Waals surface area contributed by atoms with E-state index in [-0.39, 0.29) is 11.7 Å². The average Bonchev–Trinajstić information content (AvgIpc) is 2.77. The Morgan fingerprint density at radius 1 is 1.56 bits per heavy atom. The summed E-state index contributed by atoms with van der Waals surface area (Å²) < 4.78 is 0. The van der Waals surface area contributed by atoms with Crippen LogP contribution in [0.5, 0.6) is 5.75 Å². The van der Waals surface area contributed by atoms with Crippen molar-refractivity contribution in [2.45, 2.75) is 12.8 Å². The van der Waals surface area contributed by atoms with Crippen LogP contribution in [0.4, 0.5) is 0 Å². The number of hydrogen-bond acceptors (Lipinski definition) is 2. The van der Waals surface area contributed by atoms with E-state index in [9.17, 15) is 9.90 Å². The fourth-order valence-corrected chi connectivity index (χ4v) is 3.08. The van der Waals surface area contributed by atoms with Crippen LogP contribution in [0.1, 0.15) is 23.2 Å². The van der Waals surface area contributed by atoms with Crippen molar-refractivity contribution in [1.29, 1.82) is 0 Å². The standard InChI is InChI=1S/C13H15BrClNO2/c14-5-3-9-4-6-16(8-9)13(18)11-2-1-10(15)7-12(11)17/h1-2,7,9,17H,3-6,8H2. The molecule has 1 fully saturated rings. The number of alkyl halides is 1. The maximum Gasteiger partial charge on any atom is 0.257 e. The predicted octanol–water partition coefficient (Wildman–Crippen LogP) is 3.29. The number of rotatable bonds is 3. The van der Waals surface area contributed by atoms with E-state index in [1.165, 1.54) is 6.07 Å². The summed E-state index contributed by atoms with van der Waals surface area (Å²) in [5, 5.41) is 11.1. The van der Waals surface area contributed by atoms with Crippen molar-refractivity contribution < 1.29 is 9.90 Å². The predicted molar refractivity (Wildman–Crippen MR) is 75.5 cm³/mol. The van der Waals surface area contributed by atoms with Gasteiger partial charge in [-0.2, -0.15) is 0 Å². The van der Waals surface area contributed by atoms with E-state index in [1.54, 1.807) is 17.0 Å². The number of nitrogens with zero attached hydrogens (tertiary/aromatic N) is 1. The molecule has 1 aliphatic heterocycles. The second-order valence-electron chi connectivity index (χ2n) is 4.54. The van der Waals surface area contributed by atoms with Crippen molar-refractivity contribution in [1.82, 2.24) is 4.90 Å². The summed E-state index contributed by atoms with van der Waals surface area (Å²) in [7, 11) is 0.